The maximum atomic E-state index is 12.4. The molecule has 0 spiro atoms. The Bertz CT molecular complexity index is 918. The fourth-order valence-corrected chi connectivity index (χ4v) is 5.10. The van der Waals surface area contributed by atoms with Gasteiger partial charge in [0.2, 0.25) is 5.91 Å². The third-order valence-corrected chi connectivity index (χ3v) is 6.76. The zero-order valence-electron chi connectivity index (χ0n) is 13.6. The van der Waals surface area contributed by atoms with Crippen LogP contribution in [0.25, 0.3) is 20.9 Å². The summed E-state index contributed by atoms with van der Waals surface area (Å²) in [6, 6.07) is 7.91. The molecule has 1 aliphatic rings. The van der Waals surface area contributed by atoms with Crippen molar-refractivity contribution in [1.82, 2.24) is 15.1 Å². The molecule has 25 heavy (non-hydrogen) atoms. The highest BCUT2D eigenvalue weighted by Gasteiger charge is 2.26. The molecular weight excluding hydrogens is 378 g/mol. The SMILES string of the molecule is C[C@H](Sc1nnc(-c2sc3ccccc3c2Cl)o1)C(=O)N1CCCC1. The van der Waals surface area contributed by atoms with E-state index in [0.29, 0.717) is 16.1 Å². The fourth-order valence-electron chi connectivity index (χ4n) is 2.90. The van der Waals surface area contributed by atoms with Crippen LogP contribution in [0.5, 0.6) is 0 Å². The van der Waals surface area contributed by atoms with Gasteiger partial charge in [0.05, 0.1) is 10.3 Å². The molecule has 5 nitrogen and oxygen atoms in total. The van der Waals surface area contributed by atoms with Crippen LogP contribution in [0.2, 0.25) is 5.02 Å². The van der Waals surface area contributed by atoms with Gasteiger partial charge in [0, 0.05) is 23.2 Å². The number of thiophene rings is 1. The summed E-state index contributed by atoms with van der Waals surface area (Å²) in [6.07, 6.45) is 2.16. The lowest BCUT2D eigenvalue weighted by Gasteiger charge is -2.18. The number of thioether (sulfide) groups is 1. The number of carbonyl (C=O) groups excluding carboxylic acids is 1. The molecule has 130 valence electrons. The van der Waals surface area contributed by atoms with Crippen molar-refractivity contribution >= 4 is 50.7 Å². The first-order valence-corrected chi connectivity index (χ1v) is 10.2. The Morgan fingerprint density at radius 2 is 2.08 bits per heavy atom. The Labute approximate surface area is 158 Å². The molecule has 0 unspecified atom stereocenters. The number of benzene rings is 1. The van der Waals surface area contributed by atoms with E-state index in [1.807, 2.05) is 36.1 Å². The van der Waals surface area contributed by atoms with Gasteiger partial charge in [-0.3, -0.25) is 4.79 Å². The quantitative estimate of drug-likeness (QED) is 0.601. The van der Waals surface area contributed by atoms with E-state index in [1.54, 1.807) is 0 Å². The highest BCUT2D eigenvalue weighted by atomic mass is 35.5. The molecule has 0 saturated carbocycles. The number of carbonyl (C=O) groups is 1. The van der Waals surface area contributed by atoms with Crippen molar-refractivity contribution in [3.8, 4) is 10.8 Å². The molecule has 1 atom stereocenters. The zero-order chi connectivity index (χ0) is 17.4. The lowest BCUT2D eigenvalue weighted by molar-refractivity contribution is -0.129. The predicted molar refractivity (Wildman–Crippen MR) is 101 cm³/mol. The van der Waals surface area contributed by atoms with Gasteiger partial charge in [-0.15, -0.1) is 21.5 Å². The average Bonchev–Trinajstić information content (AvgIpc) is 3.35. The van der Waals surface area contributed by atoms with Crippen molar-refractivity contribution in [2.75, 3.05) is 13.1 Å². The summed E-state index contributed by atoms with van der Waals surface area (Å²) in [4.78, 5) is 15.1. The molecule has 0 radical (unpaired) electrons. The number of hydrogen-bond donors (Lipinski definition) is 0. The van der Waals surface area contributed by atoms with Gasteiger partial charge in [-0.05, 0) is 25.8 Å². The first-order chi connectivity index (χ1) is 12.1. The van der Waals surface area contributed by atoms with Crippen LogP contribution >= 0.6 is 34.7 Å². The summed E-state index contributed by atoms with van der Waals surface area (Å²) in [7, 11) is 0. The summed E-state index contributed by atoms with van der Waals surface area (Å²) in [5.74, 6) is 0.525. The van der Waals surface area contributed by atoms with Gasteiger partial charge in [0.15, 0.2) is 0 Å². The maximum Gasteiger partial charge on any atom is 0.277 e. The van der Waals surface area contributed by atoms with Crippen LogP contribution < -0.4 is 0 Å². The molecule has 4 rings (SSSR count). The third-order valence-electron chi connectivity index (χ3n) is 4.18. The Hall–Kier alpha value is -1.57. The van der Waals surface area contributed by atoms with Gasteiger partial charge in [-0.1, -0.05) is 41.6 Å². The van der Waals surface area contributed by atoms with Crippen molar-refractivity contribution < 1.29 is 9.21 Å². The van der Waals surface area contributed by atoms with Crippen molar-refractivity contribution in [2.45, 2.75) is 30.2 Å². The maximum absolute atomic E-state index is 12.4. The Morgan fingerprint density at radius 3 is 2.84 bits per heavy atom. The molecule has 8 heteroatoms. The summed E-state index contributed by atoms with van der Waals surface area (Å²) in [5, 5.41) is 9.95. The highest BCUT2D eigenvalue weighted by molar-refractivity contribution is 8.00. The van der Waals surface area contributed by atoms with Crippen molar-refractivity contribution in [1.29, 1.82) is 0 Å². The van der Waals surface area contributed by atoms with E-state index in [2.05, 4.69) is 10.2 Å². The average molecular weight is 394 g/mol. The van der Waals surface area contributed by atoms with Crippen molar-refractivity contribution in [3.05, 3.63) is 29.3 Å². The molecular formula is C17H16ClN3O2S2. The second-order valence-corrected chi connectivity index (χ2v) is 8.63. The number of likely N-dealkylation sites (tertiary alicyclic amines) is 1. The summed E-state index contributed by atoms with van der Waals surface area (Å²) in [6.45, 7) is 3.56. The first-order valence-electron chi connectivity index (χ1n) is 8.10. The van der Waals surface area contributed by atoms with Gasteiger partial charge in [0.1, 0.15) is 4.88 Å². The van der Waals surface area contributed by atoms with Crippen LogP contribution in [-0.2, 0) is 4.79 Å². The predicted octanol–water partition coefficient (Wildman–Crippen LogP) is 4.71. The normalized spacial score (nSPS) is 15.8. The molecule has 0 N–H and O–H groups in total. The molecule has 1 amide bonds. The minimum atomic E-state index is -0.246. The fraction of sp³-hybridized carbons (Fsp3) is 0.353. The lowest BCUT2D eigenvalue weighted by Crippen LogP contribution is -2.34. The van der Waals surface area contributed by atoms with Gasteiger partial charge < -0.3 is 9.32 Å². The van der Waals surface area contributed by atoms with Crippen LogP contribution in [-0.4, -0.2) is 39.3 Å². The molecule has 1 fully saturated rings. The topological polar surface area (TPSA) is 59.2 Å². The number of amides is 1. The second kappa shape index (κ2) is 6.97. The van der Waals surface area contributed by atoms with Crippen molar-refractivity contribution in [2.24, 2.45) is 0 Å². The lowest BCUT2D eigenvalue weighted by atomic mass is 10.2. The van der Waals surface area contributed by atoms with Gasteiger partial charge >= 0.3 is 0 Å². The highest BCUT2D eigenvalue weighted by Crippen LogP contribution is 2.42. The van der Waals surface area contributed by atoms with Crippen LogP contribution in [0, 0.1) is 0 Å². The largest absolute Gasteiger partial charge is 0.410 e. The van der Waals surface area contributed by atoms with E-state index in [4.69, 9.17) is 16.0 Å². The number of nitrogens with zero attached hydrogens (tertiary/aromatic N) is 3. The molecule has 3 aromatic rings. The Kier molecular flexibility index (Phi) is 4.71. The number of halogens is 1. The van der Waals surface area contributed by atoms with Gasteiger partial charge in [0.25, 0.3) is 11.1 Å². The standard InChI is InChI=1S/C17H16ClN3O2S2/c1-10(16(22)21-8-4-5-9-21)24-17-20-19-15(23-17)14-13(18)11-6-2-3-7-12(11)25-14/h2-3,6-7,10H,4-5,8-9H2,1H3/t10-/m0/s1. The molecule has 1 aromatic carbocycles. The zero-order valence-corrected chi connectivity index (χ0v) is 16.0. The number of fused-ring (bicyclic) bond motifs is 1. The molecule has 2 aromatic heterocycles. The summed E-state index contributed by atoms with van der Waals surface area (Å²) < 4.78 is 6.84. The van der Waals surface area contributed by atoms with Crippen molar-refractivity contribution in [3.63, 3.8) is 0 Å². The molecule has 0 bridgehead atoms. The monoisotopic (exact) mass is 393 g/mol. The van der Waals surface area contributed by atoms with Crippen LogP contribution in [0.4, 0.5) is 0 Å². The Balaban J connectivity index is 1.53. The molecule has 1 aliphatic heterocycles. The van der Waals surface area contributed by atoms with Gasteiger partial charge in [-0.25, -0.2) is 0 Å². The van der Waals surface area contributed by atoms with E-state index >= 15 is 0 Å². The number of rotatable bonds is 4. The second-order valence-electron chi connectivity index (χ2n) is 5.91. The van der Waals surface area contributed by atoms with E-state index < -0.39 is 0 Å². The van der Waals surface area contributed by atoms with Crippen LogP contribution in [0.3, 0.4) is 0 Å². The number of aromatic nitrogens is 2. The van der Waals surface area contributed by atoms with E-state index in [1.165, 1.54) is 23.1 Å². The summed E-state index contributed by atoms with van der Waals surface area (Å²) in [5.41, 5.74) is 0. The molecule has 1 saturated heterocycles. The van der Waals surface area contributed by atoms with E-state index in [0.717, 1.165) is 40.9 Å². The smallest absolute Gasteiger partial charge is 0.277 e. The summed E-state index contributed by atoms with van der Waals surface area (Å²) >= 11 is 9.28. The number of hydrogen-bond acceptors (Lipinski definition) is 6. The molecule has 0 aliphatic carbocycles. The first kappa shape index (κ1) is 16.9. The van der Waals surface area contributed by atoms with E-state index in [9.17, 15) is 4.79 Å². The minimum Gasteiger partial charge on any atom is -0.410 e. The van der Waals surface area contributed by atoms with E-state index in [-0.39, 0.29) is 11.2 Å². The minimum absolute atomic E-state index is 0.127. The molecule has 3 heterocycles. The van der Waals surface area contributed by atoms with Gasteiger partial charge in [-0.2, -0.15) is 0 Å². The third kappa shape index (κ3) is 3.28. The Morgan fingerprint density at radius 1 is 1.32 bits per heavy atom. The van der Waals surface area contributed by atoms with Crippen LogP contribution in [0.1, 0.15) is 19.8 Å². The van der Waals surface area contributed by atoms with Crippen LogP contribution in [0.15, 0.2) is 33.9 Å².